The van der Waals surface area contributed by atoms with Gasteiger partial charge in [-0.2, -0.15) is 0 Å². The molecule has 0 aromatic rings. The highest BCUT2D eigenvalue weighted by Crippen LogP contribution is 1.94. The first-order valence-electron chi connectivity index (χ1n) is 4.28. The molecule has 86 valence electrons. The number of carboxylic acids is 1. The molecule has 0 radical (unpaired) electrons. The van der Waals surface area contributed by atoms with Crippen molar-refractivity contribution in [3.63, 3.8) is 0 Å². The molecule has 0 bridgehead atoms. The van der Waals surface area contributed by atoms with Gasteiger partial charge in [-0.15, -0.1) is 0 Å². The van der Waals surface area contributed by atoms with E-state index < -0.39 is 24.5 Å². The maximum absolute atomic E-state index is 10.7. The number of aliphatic hydroxyl groups excluding tert-OH is 1. The summed E-state index contributed by atoms with van der Waals surface area (Å²) in [7, 11) is 0. The van der Waals surface area contributed by atoms with Crippen molar-refractivity contribution in [2.45, 2.75) is 18.9 Å². The van der Waals surface area contributed by atoms with Crippen LogP contribution in [0.5, 0.6) is 0 Å². The van der Waals surface area contributed by atoms with Crippen molar-refractivity contribution in [1.29, 1.82) is 0 Å². The van der Waals surface area contributed by atoms with E-state index in [2.05, 4.69) is 10.1 Å². The first-order valence-corrected chi connectivity index (χ1v) is 4.28. The van der Waals surface area contributed by atoms with Gasteiger partial charge in [-0.25, -0.2) is 0 Å². The van der Waals surface area contributed by atoms with E-state index in [0.29, 0.717) is 6.41 Å². The number of aliphatic carboxylic acids is 1. The van der Waals surface area contributed by atoms with Crippen LogP contribution < -0.4 is 5.32 Å². The van der Waals surface area contributed by atoms with Crippen LogP contribution in [0.25, 0.3) is 0 Å². The summed E-state index contributed by atoms with van der Waals surface area (Å²) in [6, 6.07) is 0. The Kier molecular flexibility index (Phi) is 6.90. The standard InChI is InChI=1S/C8H13NO6/c10-5-9-2-1-6(11)4-15-8(14)3-7(12)13/h5-6,11H,1-4H2,(H,9,10)(H,12,13). The number of carbonyl (C=O) groups excluding carboxylic acids is 2. The molecule has 0 aromatic carbocycles. The Morgan fingerprint density at radius 2 is 2.13 bits per heavy atom. The first-order chi connectivity index (χ1) is 7.06. The number of esters is 1. The van der Waals surface area contributed by atoms with E-state index in [1.165, 1.54) is 0 Å². The minimum absolute atomic E-state index is 0.235. The second kappa shape index (κ2) is 7.74. The number of nitrogens with one attached hydrogen (secondary N) is 1. The van der Waals surface area contributed by atoms with Gasteiger partial charge in [0.25, 0.3) is 0 Å². The maximum atomic E-state index is 10.7. The van der Waals surface area contributed by atoms with E-state index in [9.17, 15) is 19.5 Å². The molecule has 1 unspecified atom stereocenters. The van der Waals surface area contributed by atoms with Gasteiger partial charge in [0.2, 0.25) is 6.41 Å². The van der Waals surface area contributed by atoms with Crippen LogP contribution in [0.4, 0.5) is 0 Å². The summed E-state index contributed by atoms with van der Waals surface area (Å²) in [5, 5.41) is 19.7. The molecule has 0 aliphatic carbocycles. The first kappa shape index (κ1) is 13.4. The summed E-state index contributed by atoms with van der Waals surface area (Å²) in [5.74, 6) is -2.18. The molecule has 0 saturated heterocycles. The summed E-state index contributed by atoms with van der Waals surface area (Å²) in [6.07, 6.45) is -0.906. The molecular formula is C8H13NO6. The van der Waals surface area contributed by atoms with Gasteiger partial charge in [-0.1, -0.05) is 0 Å². The van der Waals surface area contributed by atoms with Gasteiger partial charge in [0.15, 0.2) is 0 Å². The van der Waals surface area contributed by atoms with Crippen molar-refractivity contribution >= 4 is 18.3 Å². The van der Waals surface area contributed by atoms with E-state index in [1.807, 2.05) is 0 Å². The Morgan fingerprint density at radius 3 is 2.67 bits per heavy atom. The van der Waals surface area contributed by atoms with Crippen LogP contribution in [0.2, 0.25) is 0 Å². The summed E-state index contributed by atoms with van der Waals surface area (Å²) in [6.45, 7) is -0.00615. The Bertz CT molecular complexity index is 229. The zero-order valence-electron chi connectivity index (χ0n) is 8.01. The van der Waals surface area contributed by atoms with Crippen molar-refractivity contribution in [2.24, 2.45) is 0 Å². The number of hydrogen-bond donors (Lipinski definition) is 3. The lowest BCUT2D eigenvalue weighted by molar-refractivity contribution is -0.153. The number of ether oxygens (including phenoxy) is 1. The SMILES string of the molecule is O=CNCCC(O)COC(=O)CC(=O)O. The lowest BCUT2D eigenvalue weighted by atomic mass is 10.3. The average Bonchev–Trinajstić information content (AvgIpc) is 2.14. The highest BCUT2D eigenvalue weighted by Gasteiger charge is 2.11. The van der Waals surface area contributed by atoms with Crippen molar-refractivity contribution in [3.8, 4) is 0 Å². The Hall–Kier alpha value is -1.63. The molecule has 7 nitrogen and oxygen atoms in total. The fourth-order valence-electron chi connectivity index (χ4n) is 0.756. The molecule has 7 heteroatoms. The van der Waals surface area contributed by atoms with E-state index in [0.717, 1.165) is 0 Å². The number of hydrogen-bond acceptors (Lipinski definition) is 5. The molecule has 0 heterocycles. The summed E-state index contributed by atoms with van der Waals surface area (Å²) in [4.78, 5) is 30.6. The number of carbonyl (C=O) groups is 3. The number of amides is 1. The van der Waals surface area contributed by atoms with Gasteiger partial charge < -0.3 is 20.3 Å². The Balaban J connectivity index is 3.52. The molecular weight excluding hydrogens is 206 g/mol. The molecule has 0 saturated carbocycles. The zero-order valence-corrected chi connectivity index (χ0v) is 8.01. The summed E-state index contributed by atoms with van der Waals surface area (Å²) < 4.78 is 4.46. The molecule has 0 aromatic heterocycles. The third-order valence-corrected chi connectivity index (χ3v) is 1.44. The lowest BCUT2D eigenvalue weighted by Gasteiger charge is -2.09. The molecule has 0 aliphatic heterocycles. The lowest BCUT2D eigenvalue weighted by Crippen LogP contribution is -2.24. The predicted molar refractivity (Wildman–Crippen MR) is 47.9 cm³/mol. The topological polar surface area (TPSA) is 113 Å². The van der Waals surface area contributed by atoms with E-state index in [1.54, 1.807) is 0 Å². The maximum Gasteiger partial charge on any atom is 0.317 e. The monoisotopic (exact) mass is 219 g/mol. The Morgan fingerprint density at radius 1 is 1.47 bits per heavy atom. The van der Waals surface area contributed by atoms with Crippen molar-refractivity contribution in [1.82, 2.24) is 5.32 Å². The van der Waals surface area contributed by atoms with E-state index in [-0.39, 0.29) is 19.6 Å². The van der Waals surface area contributed by atoms with Crippen LogP contribution >= 0.6 is 0 Å². The van der Waals surface area contributed by atoms with Crippen molar-refractivity contribution < 1.29 is 29.3 Å². The summed E-state index contributed by atoms with van der Waals surface area (Å²) in [5.41, 5.74) is 0. The minimum atomic E-state index is -1.28. The highest BCUT2D eigenvalue weighted by molar-refractivity contribution is 5.90. The number of rotatable bonds is 8. The molecule has 1 atom stereocenters. The van der Waals surface area contributed by atoms with Crippen LogP contribution in [0.1, 0.15) is 12.8 Å². The largest absolute Gasteiger partial charge is 0.481 e. The normalized spacial score (nSPS) is 11.5. The summed E-state index contributed by atoms with van der Waals surface area (Å²) >= 11 is 0. The second-order valence-electron chi connectivity index (χ2n) is 2.77. The third kappa shape index (κ3) is 8.69. The number of aliphatic hydroxyl groups is 1. The Labute approximate surface area is 86.0 Å². The van der Waals surface area contributed by atoms with Crippen LogP contribution in [-0.4, -0.2) is 47.8 Å². The van der Waals surface area contributed by atoms with Gasteiger partial charge in [0.05, 0.1) is 6.10 Å². The van der Waals surface area contributed by atoms with Crippen LogP contribution in [-0.2, 0) is 19.1 Å². The van der Waals surface area contributed by atoms with Gasteiger partial charge in [-0.3, -0.25) is 14.4 Å². The third-order valence-electron chi connectivity index (χ3n) is 1.44. The molecule has 0 fully saturated rings. The van der Waals surface area contributed by atoms with Gasteiger partial charge >= 0.3 is 11.9 Å². The van der Waals surface area contributed by atoms with E-state index in [4.69, 9.17) is 5.11 Å². The van der Waals surface area contributed by atoms with Crippen LogP contribution in [0.15, 0.2) is 0 Å². The minimum Gasteiger partial charge on any atom is -0.481 e. The molecule has 1 amide bonds. The molecule has 0 aliphatic rings. The van der Waals surface area contributed by atoms with Crippen LogP contribution in [0, 0.1) is 0 Å². The zero-order chi connectivity index (χ0) is 11.7. The van der Waals surface area contributed by atoms with Crippen LogP contribution in [0.3, 0.4) is 0 Å². The van der Waals surface area contributed by atoms with Gasteiger partial charge in [0, 0.05) is 6.54 Å². The molecule has 3 N–H and O–H groups in total. The average molecular weight is 219 g/mol. The molecule has 0 rings (SSSR count). The highest BCUT2D eigenvalue weighted by atomic mass is 16.5. The van der Waals surface area contributed by atoms with Gasteiger partial charge in [-0.05, 0) is 6.42 Å². The van der Waals surface area contributed by atoms with Crippen molar-refractivity contribution in [3.05, 3.63) is 0 Å². The molecule has 0 spiro atoms. The van der Waals surface area contributed by atoms with Gasteiger partial charge in [0.1, 0.15) is 13.0 Å². The predicted octanol–water partition coefficient (Wildman–Crippen LogP) is -1.50. The number of carboxylic acid groups (broad SMARTS) is 1. The smallest absolute Gasteiger partial charge is 0.317 e. The quantitative estimate of drug-likeness (QED) is 0.198. The fourth-order valence-corrected chi connectivity index (χ4v) is 0.756. The second-order valence-corrected chi connectivity index (χ2v) is 2.77. The fraction of sp³-hybridized carbons (Fsp3) is 0.625. The van der Waals surface area contributed by atoms with Crippen molar-refractivity contribution in [2.75, 3.05) is 13.2 Å². The molecule has 15 heavy (non-hydrogen) atoms. The van der Waals surface area contributed by atoms with E-state index >= 15 is 0 Å².